The highest BCUT2D eigenvalue weighted by Gasteiger charge is 2.24. The van der Waals surface area contributed by atoms with E-state index in [9.17, 15) is 14.9 Å². The van der Waals surface area contributed by atoms with Gasteiger partial charge in [0.2, 0.25) is 5.95 Å². The first-order valence-electron chi connectivity index (χ1n) is 8.82. The molecule has 0 spiro atoms. The molecule has 1 aliphatic heterocycles. The number of hydrogen-bond acceptors (Lipinski definition) is 7. The quantitative estimate of drug-likeness (QED) is 0.612. The zero-order valence-corrected chi connectivity index (χ0v) is 15.0. The second-order valence-corrected chi connectivity index (χ2v) is 6.16. The standard InChI is InChI=1S/C18H21N5O4/c1-2-27-16-5-4-13(12-15(16)23(25)26)17(24)21-14-6-10-22(11-7-14)18-19-8-3-9-20-18/h3-5,8-9,12,14H,2,6-7,10-11H2,1H3,(H,21,24). The van der Waals surface area contributed by atoms with E-state index in [4.69, 9.17) is 4.74 Å². The predicted molar refractivity (Wildman–Crippen MR) is 99.0 cm³/mol. The number of amides is 1. The van der Waals surface area contributed by atoms with Crippen LogP contribution in [0.1, 0.15) is 30.1 Å². The second-order valence-electron chi connectivity index (χ2n) is 6.16. The van der Waals surface area contributed by atoms with Gasteiger partial charge in [-0.25, -0.2) is 9.97 Å². The summed E-state index contributed by atoms with van der Waals surface area (Å²) in [5, 5.41) is 14.2. The molecule has 0 radical (unpaired) electrons. The third-order valence-corrected chi connectivity index (χ3v) is 4.38. The Morgan fingerprint density at radius 1 is 1.33 bits per heavy atom. The Labute approximate surface area is 156 Å². The lowest BCUT2D eigenvalue weighted by Crippen LogP contribution is -2.45. The van der Waals surface area contributed by atoms with Gasteiger partial charge in [-0.1, -0.05) is 0 Å². The average Bonchev–Trinajstić information content (AvgIpc) is 2.69. The van der Waals surface area contributed by atoms with Crippen molar-refractivity contribution in [1.82, 2.24) is 15.3 Å². The van der Waals surface area contributed by atoms with Gasteiger partial charge in [0.15, 0.2) is 5.75 Å². The molecule has 0 bridgehead atoms. The topological polar surface area (TPSA) is 110 Å². The van der Waals surface area contributed by atoms with E-state index in [0.29, 0.717) is 12.6 Å². The molecule has 1 fully saturated rings. The van der Waals surface area contributed by atoms with Crippen LogP contribution in [0.4, 0.5) is 11.6 Å². The van der Waals surface area contributed by atoms with Crippen LogP contribution >= 0.6 is 0 Å². The maximum atomic E-state index is 12.5. The lowest BCUT2D eigenvalue weighted by Gasteiger charge is -2.32. The van der Waals surface area contributed by atoms with Gasteiger partial charge < -0.3 is 15.0 Å². The zero-order valence-electron chi connectivity index (χ0n) is 15.0. The van der Waals surface area contributed by atoms with Crippen LogP contribution in [0.3, 0.4) is 0 Å². The molecule has 2 heterocycles. The third-order valence-electron chi connectivity index (χ3n) is 4.38. The minimum absolute atomic E-state index is 0.00286. The molecule has 0 atom stereocenters. The SMILES string of the molecule is CCOc1ccc(C(=O)NC2CCN(c3ncccn3)CC2)cc1[N+](=O)[O-]. The van der Waals surface area contributed by atoms with Gasteiger partial charge >= 0.3 is 5.69 Å². The fourth-order valence-electron chi connectivity index (χ4n) is 3.03. The number of piperidine rings is 1. The van der Waals surface area contributed by atoms with Crippen molar-refractivity contribution in [1.29, 1.82) is 0 Å². The van der Waals surface area contributed by atoms with Gasteiger partial charge in [-0.3, -0.25) is 14.9 Å². The maximum absolute atomic E-state index is 12.5. The summed E-state index contributed by atoms with van der Waals surface area (Å²) in [5.74, 6) is 0.523. The fraction of sp³-hybridized carbons (Fsp3) is 0.389. The summed E-state index contributed by atoms with van der Waals surface area (Å²) in [4.78, 5) is 33.7. The molecular formula is C18H21N5O4. The Morgan fingerprint density at radius 3 is 2.67 bits per heavy atom. The van der Waals surface area contributed by atoms with E-state index in [-0.39, 0.29) is 28.9 Å². The van der Waals surface area contributed by atoms with Gasteiger partial charge in [-0.2, -0.15) is 0 Å². The van der Waals surface area contributed by atoms with Gasteiger partial charge in [-0.15, -0.1) is 0 Å². The first-order chi connectivity index (χ1) is 13.1. The van der Waals surface area contributed by atoms with Gasteiger partial charge in [0.05, 0.1) is 11.5 Å². The molecule has 0 aliphatic carbocycles. The highest BCUT2D eigenvalue weighted by molar-refractivity contribution is 5.95. The number of aromatic nitrogens is 2. The Balaban J connectivity index is 1.61. The molecule has 2 aromatic rings. The number of carbonyl (C=O) groups excluding carboxylic acids is 1. The van der Waals surface area contributed by atoms with E-state index in [1.165, 1.54) is 12.1 Å². The minimum atomic E-state index is -0.542. The van der Waals surface area contributed by atoms with Crippen molar-refractivity contribution in [3.05, 3.63) is 52.3 Å². The number of nitrogens with zero attached hydrogens (tertiary/aromatic N) is 4. The van der Waals surface area contributed by atoms with Crippen molar-refractivity contribution >= 4 is 17.5 Å². The molecule has 27 heavy (non-hydrogen) atoms. The van der Waals surface area contributed by atoms with E-state index < -0.39 is 4.92 Å². The molecule has 9 heteroatoms. The Kier molecular flexibility index (Phi) is 5.80. The van der Waals surface area contributed by atoms with E-state index in [1.54, 1.807) is 31.5 Å². The highest BCUT2D eigenvalue weighted by atomic mass is 16.6. The molecule has 1 saturated heterocycles. The number of ether oxygens (including phenoxy) is 1. The van der Waals surface area contributed by atoms with Crippen molar-refractivity contribution in [3.63, 3.8) is 0 Å². The first kappa shape index (κ1) is 18.6. The average molecular weight is 371 g/mol. The lowest BCUT2D eigenvalue weighted by molar-refractivity contribution is -0.385. The van der Waals surface area contributed by atoms with E-state index in [0.717, 1.165) is 25.9 Å². The number of rotatable bonds is 6. The van der Waals surface area contributed by atoms with Crippen molar-refractivity contribution < 1.29 is 14.5 Å². The number of nitro benzene ring substituents is 1. The van der Waals surface area contributed by atoms with E-state index in [2.05, 4.69) is 20.2 Å². The molecule has 3 rings (SSSR count). The first-order valence-corrected chi connectivity index (χ1v) is 8.82. The minimum Gasteiger partial charge on any atom is -0.487 e. The van der Waals surface area contributed by atoms with Gasteiger partial charge in [-0.05, 0) is 38.0 Å². The van der Waals surface area contributed by atoms with Gasteiger partial charge in [0.25, 0.3) is 5.91 Å². The van der Waals surface area contributed by atoms with Crippen molar-refractivity contribution in [2.45, 2.75) is 25.8 Å². The largest absolute Gasteiger partial charge is 0.487 e. The summed E-state index contributed by atoms with van der Waals surface area (Å²) in [6.07, 6.45) is 4.91. The molecule has 1 amide bonds. The van der Waals surface area contributed by atoms with Gasteiger partial charge in [0, 0.05) is 43.2 Å². The molecule has 1 aliphatic rings. The van der Waals surface area contributed by atoms with Crippen LogP contribution < -0.4 is 15.0 Å². The molecule has 0 unspecified atom stereocenters. The monoisotopic (exact) mass is 371 g/mol. The van der Waals surface area contributed by atoms with Crippen LogP contribution in [0.5, 0.6) is 5.75 Å². The number of carbonyl (C=O) groups is 1. The highest BCUT2D eigenvalue weighted by Crippen LogP contribution is 2.28. The molecule has 0 saturated carbocycles. The second kappa shape index (κ2) is 8.43. The van der Waals surface area contributed by atoms with E-state index in [1.807, 2.05) is 0 Å². The third kappa shape index (κ3) is 4.49. The van der Waals surface area contributed by atoms with E-state index >= 15 is 0 Å². The molecular weight excluding hydrogens is 350 g/mol. The molecule has 1 aromatic carbocycles. The maximum Gasteiger partial charge on any atom is 0.311 e. The Morgan fingerprint density at radius 2 is 2.04 bits per heavy atom. The molecule has 1 N–H and O–H groups in total. The number of hydrogen-bond donors (Lipinski definition) is 1. The number of nitrogens with one attached hydrogen (secondary N) is 1. The van der Waals surface area contributed by atoms with Gasteiger partial charge in [0.1, 0.15) is 0 Å². The van der Waals surface area contributed by atoms with Crippen LogP contribution in [0.25, 0.3) is 0 Å². The van der Waals surface area contributed by atoms with Crippen LogP contribution in [-0.4, -0.2) is 46.5 Å². The Bertz CT molecular complexity index is 807. The van der Waals surface area contributed by atoms with Crippen LogP contribution in [0, 0.1) is 10.1 Å². The van der Waals surface area contributed by atoms with Crippen molar-refractivity contribution in [3.8, 4) is 5.75 Å². The van der Waals surface area contributed by atoms with Crippen molar-refractivity contribution in [2.75, 3.05) is 24.6 Å². The normalized spacial score (nSPS) is 14.6. The Hall–Kier alpha value is -3.23. The number of nitro groups is 1. The number of anilines is 1. The lowest BCUT2D eigenvalue weighted by atomic mass is 10.0. The van der Waals surface area contributed by atoms with Crippen LogP contribution in [0.15, 0.2) is 36.7 Å². The fourth-order valence-corrected chi connectivity index (χ4v) is 3.03. The summed E-state index contributed by atoms with van der Waals surface area (Å²) >= 11 is 0. The summed E-state index contributed by atoms with van der Waals surface area (Å²) in [7, 11) is 0. The summed E-state index contributed by atoms with van der Waals surface area (Å²) in [5.41, 5.74) is 0.0412. The molecule has 1 aromatic heterocycles. The molecule has 9 nitrogen and oxygen atoms in total. The van der Waals surface area contributed by atoms with Crippen molar-refractivity contribution in [2.24, 2.45) is 0 Å². The summed E-state index contributed by atoms with van der Waals surface area (Å²) in [6, 6.07) is 6.04. The van der Waals surface area contributed by atoms with Crippen LogP contribution in [0.2, 0.25) is 0 Å². The number of benzene rings is 1. The smallest absolute Gasteiger partial charge is 0.311 e. The predicted octanol–water partition coefficient (Wildman–Crippen LogP) is 2.18. The zero-order chi connectivity index (χ0) is 19.2. The molecule has 142 valence electrons. The summed E-state index contributed by atoms with van der Waals surface area (Å²) < 4.78 is 5.25. The summed E-state index contributed by atoms with van der Waals surface area (Å²) in [6.45, 7) is 3.53. The van der Waals surface area contributed by atoms with Crippen LogP contribution in [-0.2, 0) is 0 Å².